The van der Waals surface area contributed by atoms with Gasteiger partial charge < -0.3 is 20.9 Å². The van der Waals surface area contributed by atoms with Crippen LogP contribution in [0, 0.1) is 0 Å². The highest BCUT2D eigenvalue weighted by molar-refractivity contribution is 5.85. The lowest BCUT2D eigenvalue weighted by Crippen LogP contribution is -1.95. The first-order valence-corrected chi connectivity index (χ1v) is 11.9. The number of hydrogen-bond acceptors (Lipinski definition) is 7. The quantitative estimate of drug-likeness (QED) is 0.250. The largest absolute Gasteiger partial charge is 0.464 e. The molecule has 6 rings (SSSR count). The van der Waals surface area contributed by atoms with Crippen molar-refractivity contribution in [3.05, 3.63) is 139 Å². The van der Waals surface area contributed by atoms with E-state index in [-0.39, 0.29) is 18.2 Å². The molecule has 196 valence electrons. The molecule has 8 heteroatoms. The van der Waals surface area contributed by atoms with E-state index in [1.165, 1.54) is 0 Å². The number of ether oxygens (including phenoxy) is 2. The van der Waals surface area contributed by atoms with E-state index >= 15 is 0 Å². The minimum absolute atomic E-state index is 0. The number of rotatable bonds is 2. The first kappa shape index (κ1) is 28.4. The number of anilines is 2. The van der Waals surface area contributed by atoms with Crippen molar-refractivity contribution < 1.29 is 9.47 Å². The van der Waals surface area contributed by atoms with Crippen molar-refractivity contribution in [3.8, 4) is 11.5 Å². The number of nitrogen functional groups attached to an aromatic ring is 2. The third-order valence-corrected chi connectivity index (χ3v) is 5.11. The molecule has 0 saturated carbocycles. The molecule has 0 bridgehead atoms. The number of aromatic nitrogens is 1. The molecule has 2 aliphatic rings. The van der Waals surface area contributed by atoms with Crippen LogP contribution < -0.4 is 20.9 Å². The number of hydrogen-bond donors (Lipinski definition) is 2. The maximum Gasteiger partial charge on any atom is 0.153 e. The summed E-state index contributed by atoms with van der Waals surface area (Å²) in [4.78, 5) is 3.89. The van der Waals surface area contributed by atoms with Crippen molar-refractivity contribution in [1.82, 2.24) is 4.98 Å². The van der Waals surface area contributed by atoms with Crippen LogP contribution in [-0.2, 0) is 0 Å². The Balaban J connectivity index is 0.000000164. The molecule has 2 aliphatic heterocycles. The van der Waals surface area contributed by atoms with Crippen molar-refractivity contribution in [1.29, 1.82) is 0 Å². The molecule has 0 aliphatic carbocycles. The molecule has 39 heavy (non-hydrogen) atoms. The number of para-hydroxylation sites is 2. The summed E-state index contributed by atoms with van der Waals surface area (Å²) in [5.74, 6) is 2.48. The molecule has 1 aromatic heterocycles. The van der Waals surface area contributed by atoms with E-state index in [0.717, 1.165) is 28.3 Å². The Bertz CT molecular complexity index is 1430. The van der Waals surface area contributed by atoms with E-state index in [2.05, 4.69) is 15.2 Å². The summed E-state index contributed by atoms with van der Waals surface area (Å²) in [5.41, 5.74) is 14.6. The molecule has 0 atom stereocenters. The van der Waals surface area contributed by atoms with E-state index in [1.807, 2.05) is 115 Å². The number of benzene rings is 3. The van der Waals surface area contributed by atoms with Crippen molar-refractivity contribution in [3.63, 3.8) is 0 Å². The Kier molecular flexibility index (Phi) is 11.1. The van der Waals surface area contributed by atoms with Crippen LogP contribution >= 0.6 is 12.4 Å². The van der Waals surface area contributed by atoms with Crippen LogP contribution in [0.3, 0.4) is 0 Å². The van der Waals surface area contributed by atoms with Crippen molar-refractivity contribution in [2.45, 2.75) is 0 Å². The van der Waals surface area contributed by atoms with Gasteiger partial charge in [0, 0.05) is 11.1 Å². The van der Waals surface area contributed by atoms with Crippen molar-refractivity contribution in [2.24, 2.45) is 10.2 Å². The molecule has 0 saturated heterocycles. The molecule has 0 amide bonds. The van der Waals surface area contributed by atoms with Gasteiger partial charge in [-0.25, -0.2) is 4.98 Å². The summed E-state index contributed by atoms with van der Waals surface area (Å²) < 4.78 is 10.6. The predicted octanol–water partition coefficient (Wildman–Crippen LogP) is 8.30. The van der Waals surface area contributed by atoms with Gasteiger partial charge in [-0.2, -0.15) is 5.11 Å². The van der Waals surface area contributed by atoms with Crippen molar-refractivity contribution >= 4 is 47.6 Å². The zero-order chi connectivity index (χ0) is 26.4. The predicted molar refractivity (Wildman–Crippen MR) is 161 cm³/mol. The number of azo groups is 1. The van der Waals surface area contributed by atoms with Crippen LogP contribution in [0.15, 0.2) is 138 Å². The summed E-state index contributed by atoms with van der Waals surface area (Å²) in [7, 11) is 0. The van der Waals surface area contributed by atoms with Crippen LogP contribution in [0.1, 0.15) is 11.1 Å². The number of nitrogens with two attached hydrogens (primary N) is 2. The zero-order valence-corrected chi connectivity index (χ0v) is 21.8. The fourth-order valence-corrected chi connectivity index (χ4v) is 3.26. The Labute approximate surface area is 233 Å². The molecule has 0 unspecified atom stereocenters. The summed E-state index contributed by atoms with van der Waals surface area (Å²) in [6.07, 6.45) is 15.1. The molecule has 3 heterocycles. The lowest BCUT2D eigenvalue weighted by molar-refractivity contribution is 0.481. The Morgan fingerprint density at radius 3 is 1.67 bits per heavy atom. The molecule has 7 nitrogen and oxygen atoms in total. The second kappa shape index (κ2) is 15.2. The minimum atomic E-state index is 0. The Morgan fingerprint density at radius 2 is 1.10 bits per heavy atom. The number of halogens is 1. The number of allylic oxidation sites excluding steroid dienone is 4. The molecule has 0 fully saturated rings. The summed E-state index contributed by atoms with van der Waals surface area (Å²) in [5, 5.41) is 8.03. The van der Waals surface area contributed by atoms with E-state index in [1.54, 1.807) is 24.7 Å². The molecule has 3 aromatic carbocycles. The lowest BCUT2D eigenvalue weighted by atomic mass is 10.2. The number of fused-ring (bicyclic) bond motifs is 2. The maximum atomic E-state index is 5.64. The number of pyridine rings is 1. The number of nitrogens with zero attached hydrogens (tertiary/aromatic N) is 3. The topological polar surface area (TPSA) is 108 Å². The molecular weight excluding hydrogens is 510 g/mol. The van der Waals surface area contributed by atoms with Crippen LogP contribution in [0.5, 0.6) is 11.5 Å². The molecule has 0 spiro atoms. The van der Waals surface area contributed by atoms with Gasteiger partial charge in [-0.1, -0.05) is 78.9 Å². The van der Waals surface area contributed by atoms with Crippen LogP contribution in [0.4, 0.5) is 23.0 Å². The fourth-order valence-electron chi connectivity index (χ4n) is 3.26. The Morgan fingerprint density at radius 1 is 0.564 bits per heavy atom. The summed E-state index contributed by atoms with van der Waals surface area (Å²) >= 11 is 0. The van der Waals surface area contributed by atoms with Gasteiger partial charge in [0.05, 0.1) is 18.2 Å². The van der Waals surface area contributed by atoms with E-state index in [4.69, 9.17) is 20.9 Å². The highest BCUT2D eigenvalue weighted by Crippen LogP contribution is 2.24. The van der Waals surface area contributed by atoms with Crippen LogP contribution in [0.25, 0.3) is 12.2 Å². The van der Waals surface area contributed by atoms with Gasteiger partial charge in [-0.05, 0) is 48.6 Å². The van der Waals surface area contributed by atoms with E-state index in [9.17, 15) is 0 Å². The Hall–Kier alpha value is -5.14. The van der Waals surface area contributed by atoms with Crippen LogP contribution in [-0.4, -0.2) is 4.98 Å². The lowest BCUT2D eigenvalue weighted by Gasteiger charge is -2.00. The average molecular weight is 538 g/mol. The highest BCUT2D eigenvalue weighted by Gasteiger charge is 2.00. The van der Waals surface area contributed by atoms with E-state index in [0.29, 0.717) is 11.5 Å². The first-order valence-electron chi connectivity index (χ1n) is 11.9. The van der Waals surface area contributed by atoms with Gasteiger partial charge in [-0.15, -0.1) is 17.5 Å². The molecular formula is C31H28ClN5O2. The SMILES string of the molecule is C1=COc2ccccc2C=C1.C1=COc2ccccc2C=C1.Cl.Nc1ccc(/N=N/c2ccccc2)c(N)n1. The van der Waals surface area contributed by atoms with Gasteiger partial charge in [0.1, 0.15) is 23.0 Å². The minimum Gasteiger partial charge on any atom is -0.464 e. The van der Waals surface area contributed by atoms with E-state index < -0.39 is 0 Å². The maximum absolute atomic E-state index is 5.64. The third-order valence-electron chi connectivity index (χ3n) is 5.11. The zero-order valence-electron chi connectivity index (χ0n) is 21.0. The normalized spacial score (nSPS) is 12.0. The van der Waals surface area contributed by atoms with Gasteiger partial charge in [0.2, 0.25) is 0 Å². The molecule has 4 aromatic rings. The molecule has 0 radical (unpaired) electrons. The second-order valence-electron chi connectivity index (χ2n) is 7.86. The third kappa shape index (κ3) is 9.03. The summed E-state index contributed by atoms with van der Waals surface area (Å²) in [6.45, 7) is 0. The average Bonchev–Trinajstić information content (AvgIpc) is 3.35. The smallest absolute Gasteiger partial charge is 0.153 e. The van der Waals surface area contributed by atoms with Gasteiger partial charge in [0.25, 0.3) is 0 Å². The first-order chi connectivity index (χ1) is 18.7. The second-order valence-corrected chi connectivity index (χ2v) is 7.86. The standard InChI is InChI=1S/C11H11N5.2C10H8O.ClH/c12-10-7-6-9(11(13)14-10)16-15-8-4-2-1-3-5-8;2*1-2-7-10-9(5-1)6-3-4-8-11-10;/h1-7H,(H4,12,13,14);2*1-8H;1H/b16-15+;;;. The van der Waals surface area contributed by atoms with Crippen molar-refractivity contribution in [2.75, 3.05) is 11.5 Å². The monoisotopic (exact) mass is 537 g/mol. The van der Waals surface area contributed by atoms with Gasteiger partial charge in [-0.3, -0.25) is 0 Å². The molecule has 4 N–H and O–H groups in total. The van der Waals surface area contributed by atoms with Gasteiger partial charge >= 0.3 is 0 Å². The fraction of sp³-hybridized carbons (Fsp3) is 0. The van der Waals surface area contributed by atoms with Gasteiger partial charge in [0.15, 0.2) is 5.82 Å². The highest BCUT2D eigenvalue weighted by atomic mass is 35.5. The summed E-state index contributed by atoms with van der Waals surface area (Å²) in [6, 6.07) is 28.6. The van der Waals surface area contributed by atoms with Crippen LogP contribution in [0.2, 0.25) is 0 Å².